The number of carboxylic acid groups (broad SMARTS) is 1. The number of aliphatic carboxylic acids is 1. The summed E-state index contributed by atoms with van der Waals surface area (Å²) in [4.78, 5) is 22.5. The fourth-order valence-electron chi connectivity index (χ4n) is 1.41. The van der Waals surface area contributed by atoms with Crippen molar-refractivity contribution in [3.05, 3.63) is 35.4 Å². The smallest absolute Gasteiger partial charge is 0.326 e. The Morgan fingerprint density at radius 1 is 1.41 bits per heavy atom. The van der Waals surface area contributed by atoms with Gasteiger partial charge in [-0.15, -0.1) is 0 Å². The molecule has 1 unspecified atom stereocenters. The van der Waals surface area contributed by atoms with Crippen molar-refractivity contribution in [1.29, 1.82) is 0 Å². The monoisotopic (exact) mass is 237 g/mol. The Morgan fingerprint density at radius 3 is 2.65 bits per heavy atom. The van der Waals surface area contributed by atoms with Crippen LogP contribution >= 0.6 is 0 Å². The summed E-state index contributed by atoms with van der Waals surface area (Å²) in [5, 5.41) is 19.9. The molecule has 0 radical (unpaired) electrons. The van der Waals surface area contributed by atoms with E-state index in [1.165, 1.54) is 0 Å². The van der Waals surface area contributed by atoms with E-state index in [0.29, 0.717) is 5.56 Å². The highest BCUT2D eigenvalue weighted by atomic mass is 16.4. The molecule has 5 heteroatoms. The van der Waals surface area contributed by atoms with Gasteiger partial charge in [0.05, 0.1) is 0 Å². The molecule has 0 aliphatic rings. The first kappa shape index (κ1) is 13.2. The molecule has 1 aromatic carbocycles. The lowest BCUT2D eigenvalue weighted by Gasteiger charge is -2.13. The van der Waals surface area contributed by atoms with Crippen molar-refractivity contribution in [2.75, 3.05) is 6.61 Å². The van der Waals surface area contributed by atoms with Crippen LogP contribution in [0.1, 0.15) is 22.3 Å². The average molecular weight is 237 g/mol. The number of carbonyl (C=O) groups is 2. The van der Waals surface area contributed by atoms with E-state index in [4.69, 9.17) is 10.2 Å². The van der Waals surface area contributed by atoms with E-state index >= 15 is 0 Å². The number of aryl methyl sites for hydroxylation is 1. The molecule has 0 aliphatic heterocycles. The number of hydrogen-bond donors (Lipinski definition) is 3. The number of hydrogen-bond acceptors (Lipinski definition) is 3. The van der Waals surface area contributed by atoms with E-state index in [0.717, 1.165) is 5.56 Å². The molecule has 1 rings (SSSR count). The predicted molar refractivity (Wildman–Crippen MR) is 61.8 cm³/mol. The van der Waals surface area contributed by atoms with E-state index in [2.05, 4.69) is 5.32 Å². The zero-order valence-corrected chi connectivity index (χ0v) is 9.51. The topological polar surface area (TPSA) is 86.6 Å². The van der Waals surface area contributed by atoms with Crippen LogP contribution < -0.4 is 5.32 Å². The summed E-state index contributed by atoms with van der Waals surface area (Å²) >= 11 is 0. The molecule has 3 N–H and O–H groups in total. The molecule has 0 bridgehead atoms. The summed E-state index contributed by atoms with van der Waals surface area (Å²) in [6, 6.07) is 5.80. The van der Waals surface area contributed by atoms with Gasteiger partial charge in [-0.1, -0.05) is 17.7 Å². The highest BCUT2D eigenvalue weighted by Gasteiger charge is 2.19. The van der Waals surface area contributed by atoms with Gasteiger partial charge in [-0.3, -0.25) is 4.79 Å². The van der Waals surface area contributed by atoms with Gasteiger partial charge in [-0.25, -0.2) is 4.79 Å². The van der Waals surface area contributed by atoms with E-state index in [9.17, 15) is 9.59 Å². The Bertz CT molecular complexity index is 417. The molecule has 0 spiro atoms. The number of benzene rings is 1. The summed E-state index contributed by atoms with van der Waals surface area (Å²) in [6.45, 7) is 1.56. The fraction of sp³-hybridized carbons (Fsp3) is 0.333. The number of carbonyl (C=O) groups excluding carboxylic acids is 1. The van der Waals surface area contributed by atoms with Gasteiger partial charge in [0, 0.05) is 18.6 Å². The molecule has 5 nitrogen and oxygen atoms in total. The van der Waals surface area contributed by atoms with Crippen molar-refractivity contribution in [3.8, 4) is 0 Å². The van der Waals surface area contributed by atoms with Gasteiger partial charge in [-0.2, -0.15) is 0 Å². The van der Waals surface area contributed by atoms with Gasteiger partial charge >= 0.3 is 5.97 Å². The van der Waals surface area contributed by atoms with Crippen LogP contribution in [0.15, 0.2) is 24.3 Å². The van der Waals surface area contributed by atoms with Gasteiger partial charge in [0.2, 0.25) is 0 Å². The summed E-state index contributed by atoms with van der Waals surface area (Å²) in [5.41, 5.74) is 1.33. The van der Waals surface area contributed by atoms with Crippen LogP contribution in [0, 0.1) is 6.92 Å². The number of amides is 1. The Morgan fingerprint density at radius 2 is 2.12 bits per heavy atom. The molecule has 92 valence electrons. The highest BCUT2D eigenvalue weighted by Crippen LogP contribution is 2.04. The normalized spacial score (nSPS) is 11.9. The van der Waals surface area contributed by atoms with Gasteiger partial charge in [0.25, 0.3) is 5.91 Å². The molecule has 1 aromatic rings. The Labute approximate surface area is 99.1 Å². The van der Waals surface area contributed by atoms with E-state index < -0.39 is 17.9 Å². The van der Waals surface area contributed by atoms with Crippen molar-refractivity contribution in [3.63, 3.8) is 0 Å². The molecule has 0 aliphatic carbocycles. The van der Waals surface area contributed by atoms with Crippen molar-refractivity contribution >= 4 is 11.9 Å². The first-order valence-corrected chi connectivity index (χ1v) is 5.26. The zero-order valence-electron chi connectivity index (χ0n) is 9.51. The molecule has 17 heavy (non-hydrogen) atoms. The highest BCUT2D eigenvalue weighted by molar-refractivity contribution is 5.96. The summed E-state index contributed by atoms with van der Waals surface area (Å²) in [7, 11) is 0. The van der Waals surface area contributed by atoms with Gasteiger partial charge < -0.3 is 15.5 Å². The Balaban J connectivity index is 2.73. The van der Waals surface area contributed by atoms with E-state index in [1.807, 2.05) is 13.0 Å². The average Bonchev–Trinajstić information content (AvgIpc) is 2.28. The maximum absolute atomic E-state index is 11.7. The minimum Gasteiger partial charge on any atom is -0.480 e. The van der Waals surface area contributed by atoms with Crippen LogP contribution in [0.4, 0.5) is 0 Å². The van der Waals surface area contributed by atoms with Crippen LogP contribution in [-0.2, 0) is 4.79 Å². The van der Waals surface area contributed by atoms with Gasteiger partial charge in [0.15, 0.2) is 0 Å². The van der Waals surface area contributed by atoms with Crippen molar-refractivity contribution in [2.24, 2.45) is 0 Å². The Kier molecular flexibility index (Phi) is 4.66. The number of carboxylic acids is 1. The predicted octanol–water partition coefficient (Wildman–Crippen LogP) is 0.560. The molecular weight excluding hydrogens is 222 g/mol. The molecule has 0 heterocycles. The maximum Gasteiger partial charge on any atom is 0.326 e. The molecular formula is C12H15NO4. The molecule has 1 atom stereocenters. The standard InChI is InChI=1S/C12H15NO4/c1-8-3-2-4-9(7-8)11(15)13-10(5-6-14)12(16)17/h2-4,7,10,14H,5-6H2,1H3,(H,13,15)(H,16,17). The van der Waals surface area contributed by atoms with Crippen LogP contribution in [0.2, 0.25) is 0 Å². The van der Waals surface area contributed by atoms with Gasteiger partial charge in [-0.05, 0) is 19.1 Å². The number of nitrogens with one attached hydrogen (secondary N) is 1. The minimum absolute atomic E-state index is 0.00705. The zero-order chi connectivity index (χ0) is 12.8. The second-order valence-electron chi connectivity index (χ2n) is 3.75. The van der Waals surface area contributed by atoms with Crippen molar-refractivity contribution in [2.45, 2.75) is 19.4 Å². The number of rotatable bonds is 5. The third-order valence-electron chi connectivity index (χ3n) is 2.30. The first-order valence-electron chi connectivity index (χ1n) is 5.26. The molecule has 0 saturated carbocycles. The van der Waals surface area contributed by atoms with Crippen molar-refractivity contribution in [1.82, 2.24) is 5.32 Å². The fourth-order valence-corrected chi connectivity index (χ4v) is 1.41. The van der Waals surface area contributed by atoms with Crippen LogP contribution in [0.5, 0.6) is 0 Å². The largest absolute Gasteiger partial charge is 0.480 e. The van der Waals surface area contributed by atoms with E-state index in [1.54, 1.807) is 18.2 Å². The molecule has 0 saturated heterocycles. The second kappa shape index (κ2) is 6.00. The van der Waals surface area contributed by atoms with Crippen LogP contribution in [0.3, 0.4) is 0 Å². The molecule has 0 aromatic heterocycles. The number of aliphatic hydroxyl groups excluding tert-OH is 1. The molecule has 0 fully saturated rings. The lowest BCUT2D eigenvalue weighted by Crippen LogP contribution is -2.41. The minimum atomic E-state index is -1.15. The van der Waals surface area contributed by atoms with Crippen molar-refractivity contribution < 1.29 is 19.8 Å². The van der Waals surface area contributed by atoms with Gasteiger partial charge in [0.1, 0.15) is 6.04 Å². The summed E-state index contributed by atoms with van der Waals surface area (Å²) in [6.07, 6.45) is -0.00705. The maximum atomic E-state index is 11.7. The van der Waals surface area contributed by atoms with Crippen LogP contribution in [-0.4, -0.2) is 34.7 Å². The lowest BCUT2D eigenvalue weighted by atomic mass is 10.1. The van der Waals surface area contributed by atoms with E-state index in [-0.39, 0.29) is 13.0 Å². The lowest BCUT2D eigenvalue weighted by molar-refractivity contribution is -0.139. The number of aliphatic hydroxyl groups is 1. The van der Waals surface area contributed by atoms with Crippen LogP contribution in [0.25, 0.3) is 0 Å². The quantitative estimate of drug-likeness (QED) is 0.698. The molecule has 1 amide bonds. The third-order valence-corrected chi connectivity index (χ3v) is 2.30. The SMILES string of the molecule is Cc1cccc(C(=O)NC(CCO)C(=O)O)c1. The third kappa shape index (κ3) is 3.88. The first-order chi connectivity index (χ1) is 8.04. The summed E-state index contributed by atoms with van der Waals surface area (Å²) in [5.74, 6) is -1.60. The Hall–Kier alpha value is -1.88. The second-order valence-corrected chi connectivity index (χ2v) is 3.75. The summed E-state index contributed by atoms with van der Waals surface area (Å²) < 4.78 is 0.